The van der Waals surface area contributed by atoms with Crippen LogP contribution in [0.5, 0.6) is 0 Å². The van der Waals surface area contributed by atoms with Crippen LogP contribution in [-0.4, -0.2) is 36.6 Å². The van der Waals surface area contributed by atoms with E-state index in [4.69, 9.17) is 9.05 Å². The van der Waals surface area contributed by atoms with E-state index in [0.29, 0.717) is 0 Å². The van der Waals surface area contributed by atoms with E-state index >= 15 is 0 Å². The molecule has 0 aliphatic carbocycles. The molecule has 0 fully saturated rings. The molecule has 0 saturated heterocycles. The lowest BCUT2D eigenvalue weighted by Crippen LogP contribution is -2.13. The normalized spacial score (nSPS) is 12.8. The smallest absolute Gasteiger partial charge is 0.306 e. The third kappa shape index (κ3) is 6.13. The first-order valence-electron chi connectivity index (χ1n) is 6.44. The molecule has 0 bridgehead atoms. The van der Waals surface area contributed by atoms with Crippen LogP contribution in [0.3, 0.4) is 0 Å². The van der Waals surface area contributed by atoms with Crippen LogP contribution in [0, 0.1) is 0 Å². The van der Waals surface area contributed by atoms with Crippen LogP contribution in [0.4, 0.5) is 5.13 Å². The monoisotopic (exact) mass is 319 g/mol. The number of anilines is 1. The van der Waals surface area contributed by atoms with E-state index in [9.17, 15) is 4.57 Å². The Morgan fingerprint density at radius 2 is 2.00 bits per heavy atom. The van der Waals surface area contributed by atoms with Crippen molar-refractivity contribution in [3.63, 3.8) is 0 Å². The van der Waals surface area contributed by atoms with Crippen LogP contribution in [0.15, 0.2) is 16.7 Å². The minimum absolute atomic E-state index is 0.138. The van der Waals surface area contributed by atoms with Gasteiger partial charge in [-0.25, -0.2) is 9.99 Å². The van der Waals surface area contributed by atoms with Crippen molar-refractivity contribution in [2.24, 2.45) is 5.10 Å². The lowest BCUT2D eigenvalue weighted by molar-refractivity contribution is 0.145. The molecule has 6 nitrogen and oxygen atoms in total. The molecule has 0 spiro atoms. The Morgan fingerprint density at radius 1 is 1.40 bits per heavy atom. The van der Waals surface area contributed by atoms with E-state index in [1.165, 1.54) is 11.3 Å². The highest BCUT2D eigenvalue weighted by molar-refractivity contribution is 7.54. The Balaban J connectivity index is 2.64. The zero-order valence-electron chi connectivity index (χ0n) is 12.5. The summed E-state index contributed by atoms with van der Waals surface area (Å²) in [6, 6.07) is 0. The average molecular weight is 319 g/mol. The number of hydrogen-bond donors (Lipinski definition) is 0. The van der Waals surface area contributed by atoms with Gasteiger partial charge in [0.1, 0.15) is 0 Å². The lowest BCUT2D eigenvalue weighted by atomic mass is 10.5. The lowest BCUT2D eigenvalue weighted by Gasteiger charge is -2.21. The van der Waals surface area contributed by atoms with Crippen LogP contribution < -0.4 is 5.01 Å². The summed E-state index contributed by atoms with van der Waals surface area (Å²) in [5.41, 5.74) is 0. The molecular formula is C12H22N3O3PS. The molecule has 0 aliphatic rings. The van der Waals surface area contributed by atoms with Gasteiger partial charge in [-0.05, 0) is 27.7 Å². The largest absolute Gasteiger partial charge is 0.336 e. The summed E-state index contributed by atoms with van der Waals surface area (Å²) >= 11 is 1.48. The van der Waals surface area contributed by atoms with E-state index in [1.807, 2.05) is 33.1 Å². The maximum absolute atomic E-state index is 12.5. The summed E-state index contributed by atoms with van der Waals surface area (Å²) in [6.45, 7) is 7.31. The van der Waals surface area contributed by atoms with Crippen molar-refractivity contribution in [3.8, 4) is 0 Å². The Hall–Kier alpha value is -0.750. The van der Waals surface area contributed by atoms with Crippen LogP contribution in [0.25, 0.3) is 0 Å². The van der Waals surface area contributed by atoms with Gasteiger partial charge in [0.15, 0.2) is 0 Å². The van der Waals surface area contributed by atoms with Crippen LogP contribution >= 0.6 is 18.9 Å². The van der Waals surface area contributed by atoms with Crippen molar-refractivity contribution in [1.82, 2.24) is 4.98 Å². The fraction of sp³-hybridized carbons (Fsp3) is 0.667. The minimum Gasteiger partial charge on any atom is -0.306 e. The molecule has 8 heteroatoms. The maximum atomic E-state index is 12.5. The van der Waals surface area contributed by atoms with Crippen molar-refractivity contribution >= 4 is 30.3 Å². The standard InChI is InChI=1S/C12H22N3O3PS/c1-10(2)17-19(16,18-11(3)4)8-6-14-15(5)12-13-7-9-20-12/h6-7,9-11H,8H2,1-5H3/b14-6+. The van der Waals surface area contributed by atoms with Gasteiger partial charge in [-0.3, -0.25) is 4.57 Å². The summed E-state index contributed by atoms with van der Waals surface area (Å²) < 4.78 is 23.4. The minimum atomic E-state index is -3.16. The van der Waals surface area contributed by atoms with E-state index in [2.05, 4.69) is 10.1 Å². The molecule has 114 valence electrons. The Labute approximate surface area is 124 Å². The molecular weight excluding hydrogens is 297 g/mol. The van der Waals surface area contributed by atoms with Gasteiger partial charge in [0, 0.05) is 24.8 Å². The average Bonchev–Trinajstić information content (AvgIpc) is 2.79. The molecule has 0 N–H and O–H groups in total. The highest BCUT2D eigenvalue weighted by Crippen LogP contribution is 2.49. The topological polar surface area (TPSA) is 64.0 Å². The SMILES string of the molecule is CC(C)OP(=O)(C/C=N/N(C)c1nccs1)OC(C)C. The quantitative estimate of drug-likeness (QED) is 0.416. The zero-order chi connectivity index (χ0) is 15.2. The number of hydrogen-bond acceptors (Lipinski definition) is 7. The van der Waals surface area contributed by atoms with Crippen LogP contribution in [-0.2, 0) is 13.6 Å². The van der Waals surface area contributed by atoms with E-state index in [-0.39, 0.29) is 18.4 Å². The Morgan fingerprint density at radius 3 is 2.45 bits per heavy atom. The summed E-state index contributed by atoms with van der Waals surface area (Å²) in [5.74, 6) is 0. The van der Waals surface area contributed by atoms with Gasteiger partial charge < -0.3 is 9.05 Å². The number of thiazole rings is 1. The van der Waals surface area contributed by atoms with Gasteiger partial charge in [0.25, 0.3) is 0 Å². The summed E-state index contributed by atoms with van der Waals surface area (Å²) in [4.78, 5) is 4.13. The van der Waals surface area contributed by atoms with Crippen LogP contribution in [0.1, 0.15) is 27.7 Å². The number of aromatic nitrogens is 1. The van der Waals surface area contributed by atoms with Gasteiger partial charge in [-0.1, -0.05) is 0 Å². The Kier molecular flexibility index (Phi) is 6.82. The highest BCUT2D eigenvalue weighted by Gasteiger charge is 2.26. The molecule has 0 aromatic carbocycles. The van der Waals surface area contributed by atoms with Gasteiger partial charge in [-0.15, -0.1) is 11.3 Å². The number of nitrogens with zero attached hydrogens (tertiary/aromatic N) is 3. The summed E-state index contributed by atoms with van der Waals surface area (Å²) in [6.07, 6.45) is 3.07. The van der Waals surface area contributed by atoms with Gasteiger partial charge in [-0.2, -0.15) is 5.10 Å². The second kappa shape index (κ2) is 7.88. The van der Waals surface area contributed by atoms with E-state index in [0.717, 1.165) is 5.13 Å². The molecule has 1 rings (SSSR count). The fourth-order valence-corrected chi connectivity index (χ4v) is 3.78. The molecule has 1 aromatic heterocycles. The molecule has 0 saturated carbocycles. The van der Waals surface area contributed by atoms with Gasteiger partial charge in [0.2, 0.25) is 5.13 Å². The third-order valence-electron chi connectivity index (χ3n) is 2.00. The predicted octanol–water partition coefficient (Wildman–Crippen LogP) is 3.61. The van der Waals surface area contributed by atoms with Gasteiger partial charge >= 0.3 is 7.60 Å². The fourth-order valence-electron chi connectivity index (χ4n) is 1.44. The van der Waals surface area contributed by atoms with Crippen molar-refractivity contribution in [3.05, 3.63) is 11.6 Å². The molecule has 0 amide bonds. The first-order valence-corrected chi connectivity index (χ1v) is 9.04. The predicted molar refractivity (Wildman–Crippen MR) is 83.9 cm³/mol. The van der Waals surface area contributed by atoms with Crippen LogP contribution in [0.2, 0.25) is 0 Å². The van der Waals surface area contributed by atoms with E-state index < -0.39 is 7.60 Å². The number of rotatable bonds is 8. The summed E-state index contributed by atoms with van der Waals surface area (Å²) in [5, 5.41) is 8.46. The van der Waals surface area contributed by atoms with Crippen molar-refractivity contribution < 1.29 is 13.6 Å². The van der Waals surface area contributed by atoms with Gasteiger partial charge in [0.05, 0.1) is 18.4 Å². The zero-order valence-corrected chi connectivity index (χ0v) is 14.2. The van der Waals surface area contributed by atoms with E-state index in [1.54, 1.807) is 24.5 Å². The molecule has 0 radical (unpaired) electrons. The van der Waals surface area contributed by atoms with Crippen molar-refractivity contribution in [2.75, 3.05) is 18.2 Å². The number of hydrazone groups is 1. The molecule has 1 aromatic rings. The molecule has 0 unspecified atom stereocenters. The maximum Gasteiger partial charge on any atom is 0.336 e. The van der Waals surface area contributed by atoms with Crippen molar-refractivity contribution in [2.45, 2.75) is 39.9 Å². The molecule has 1 heterocycles. The van der Waals surface area contributed by atoms with Crippen molar-refractivity contribution in [1.29, 1.82) is 0 Å². The first kappa shape index (κ1) is 17.3. The highest BCUT2D eigenvalue weighted by atomic mass is 32.1. The Bertz CT molecular complexity index is 449. The molecule has 0 aliphatic heterocycles. The molecule has 0 atom stereocenters. The summed E-state index contributed by atoms with van der Waals surface area (Å²) in [7, 11) is -1.37. The first-order chi connectivity index (χ1) is 9.32. The second-order valence-electron chi connectivity index (χ2n) is 4.74. The molecule has 20 heavy (non-hydrogen) atoms. The second-order valence-corrected chi connectivity index (χ2v) is 7.62. The third-order valence-corrected chi connectivity index (χ3v) is 4.93.